The predicted molar refractivity (Wildman–Crippen MR) is 494 cm³/mol. The maximum Gasteiger partial charge on any atom is 3.00 e. The SMILES string of the molecule is O=C([O-])c1ccc2c3nc4nc(nc5[nH]c(nc6nc(nc([nH]3)c2c1C(=O)[O-])-c1ccccc1-6)c1ccccc51)-c1ccccc1-4.O=C([O-])c1ccc2c3nc4nc(nc5[nH]c(nc6nc(nc([nH]3)c2c1C(=O)[O-])-c1ccccc1-6)c1ccccc51)-c1ccccc1-4.O=C([O-])c1ccc2c3nc4nc(nc5[nH]c(nc6nc(nc([nH]3)c2c1C(=O)[O-])-c1ccccc1-6)c1ccccc51)-c1ccccc1-4.[Au+3].[Au+3]. The molecule has 670 valence electrons. The van der Waals surface area contributed by atoms with Crippen LogP contribution in [0.2, 0.25) is 0 Å². The Morgan fingerprint density at radius 3 is 0.443 bits per heavy atom. The van der Waals surface area contributed by atoms with E-state index in [1.807, 2.05) is 218 Å². The van der Waals surface area contributed by atoms with E-state index in [1.165, 1.54) is 18.2 Å². The molecule has 12 aromatic carbocycles. The van der Waals surface area contributed by atoms with Gasteiger partial charge in [0.25, 0.3) is 0 Å². The van der Waals surface area contributed by atoms with Gasteiger partial charge in [-0.3, -0.25) is 0 Å². The number of H-pyrrole nitrogens is 6. The van der Waals surface area contributed by atoms with E-state index in [2.05, 4.69) is 29.9 Å². The Morgan fingerprint density at radius 1 is 0.157 bits per heavy atom. The summed E-state index contributed by atoms with van der Waals surface area (Å²) in [6.45, 7) is 0. The first-order valence-corrected chi connectivity index (χ1v) is 42.4. The van der Waals surface area contributed by atoms with Gasteiger partial charge < -0.3 is 89.3 Å². The van der Waals surface area contributed by atoms with Crippen molar-refractivity contribution in [3.8, 4) is 137 Å². The minimum absolute atomic E-state index is 0. The largest absolute Gasteiger partial charge is 3.00 e. The standard InChI is InChI=1S/3C34H18N8O4.2Au/c3*43-33(44)22-14-13-21-23(24(22)34(45)46)32-41-30-20-12-6-5-11-19(20)28(39-30)37-26-16-8-2-1-7-15(16)25(35-26)36-27-17-9-3-4-10-18(17)29(38-27)40-31(21)42-32;;/h3*1-14H,(H,43,44)(H,45,46)(H2,35,36,37,38,39,40,41,42);;/q;;;2*+3/p-6. The van der Waals surface area contributed by atoms with Crippen LogP contribution >= 0.6 is 0 Å². The van der Waals surface area contributed by atoms with E-state index >= 15 is 0 Å². The fraction of sp³-hybridized carbons (Fsp3) is 0. The molecule has 0 saturated heterocycles. The number of carbonyl (C=O) groups is 6. The number of benzene rings is 12. The van der Waals surface area contributed by atoms with Gasteiger partial charge in [-0.2, -0.15) is 0 Å². The molecule has 0 atom stereocenters. The number of rotatable bonds is 6. The molecule has 27 rings (SSSR count). The van der Waals surface area contributed by atoms with Crippen molar-refractivity contribution in [2.45, 2.75) is 0 Å². The second-order valence-electron chi connectivity index (χ2n) is 32.2. The molecule has 15 heterocycles. The van der Waals surface area contributed by atoms with Crippen LogP contribution in [0.25, 0.3) is 269 Å². The zero-order valence-electron chi connectivity index (χ0n) is 70.8. The number of hydrogen-bond donors (Lipinski definition) is 6. The summed E-state index contributed by atoms with van der Waals surface area (Å²) in [7, 11) is 0. The van der Waals surface area contributed by atoms with Crippen LogP contribution < -0.4 is 30.6 Å². The van der Waals surface area contributed by atoms with Gasteiger partial charge >= 0.3 is 44.8 Å². The minimum atomic E-state index is -1.71. The molecule has 0 fully saturated rings. The number of fused-ring (bicyclic) bond motifs is 60. The van der Waals surface area contributed by atoms with Gasteiger partial charge in [0.05, 0.1) is 35.8 Å². The Bertz CT molecular complexity index is 8910. The minimum Gasteiger partial charge on any atom is -0.545 e. The molecule has 38 heteroatoms. The van der Waals surface area contributed by atoms with Crippen molar-refractivity contribution in [2.75, 3.05) is 0 Å². The summed E-state index contributed by atoms with van der Waals surface area (Å²) < 4.78 is 0. The van der Waals surface area contributed by atoms with E-state index in [4.69, 9.17) is 89.7 Å². The topological polar surface area (TPSA) is 568 Å². The van der Waals surface area contributed by atoms with Gasteiger partial charge in [0.1, 0.15) is 67.8 Å². The molecular weight excluding hydrogens is 2150 g/mol. The molecule has 9 aromatic heterocycles. The number of aromatic amines is 6. The Kier molecular flexibility index (Phi) is 20.1. The summed E-state index contributed by atoms with van der Waals surface area (Å²) in [6, 6.07) is 75.5. The average molecular weight is 2200 g/mol. The van der Waals surface area contributed by atoms with Crippen LogP contribution in [-0.4, -0.2) is 155 Å². The summed E-state index contributed by atoms with van der Waals surface area (Å²) in [6.07, 6.45) is 0. The Balaban J connectivity index is 0.000000116. The molecule has 6 aliphatic heterocycles. The second-order valence-corrected chi connectivity index (χ2v) is 32.2. The summed E-state index contributed by atoms with van der Waals surface area (Å²) in [4.78, 5) is 180. The van der Waals surface area contributed by atoms with Crippen molar-refractivity contribution < 1.29 is 104 Å². The molecule has 21 aromatic rings. The van der Waals surface area contributed by atoms with E-state index < -0.39 is 69.2 Å². The van der Waals surface area contributed by atoms with Crippen LogP contribution in [0.4, 0.5) is 0 Å². The molecule has 0 aliphatic carbocycles. The average Bonchev–Trinajstić information content (AvgIpc) is 1.59. The zero-order chi connectivity index (χ0) is 93.3. The van der Waals surface area contributed by atoms with Crippen molar-refractivity contribution in [3.63, 3.8) is 0 Å². The normalized spacial score (nSPS) is 11.7. The molecular formula is C102H48Au2N24O12. The summed E-state index contributed by atoms with van der Waals surface area (Å²) in [5.74, 6) is -6.14. The second kappa shape index (κ2) is 33.0. The van der Waals surface area contributed by atoms with Gasteiger partial charge in [-0.15, -0.1) is 0 Å². The predicted octanol–water partition coefficient (Wildman–Crippen LogP) is 10.8. The Labute approximate surface area is 811 Å². The van der Waals surface area contributed by atoms with Gasteiger partial charge in [0.2, 0.25) is 0 Å². The maximum atomic E-state index is 12.5. The van der Waals surface area contributed by atoms with E-state index in [9.17, 15) is 59.4 Å². The molecule has 0 amide bonds. The number of carbonyl (C=O) groups excluding carboxylic acids is 6. The molecule has 6 aliphatic rings. The third-order valence-corrected chi connectivity index (χ3v) is 24.4. The van der Waals surface area contributed by atoms with E-state index in [-0.39, 0.29) is 128 Å². The molecule has 0 spiro atoms. The van der Waals surface area contributed by atoms with Gasteiger partial charge in [-0.1, -0.05) is 237 Å². The number of nitrogens with zero attached hydrogens (tertiary/aromatic N) is 18. The van der Waals surface area contributed by atoms with Crippen molar-refractivity contribution in [2.24, 2.45) is 0 Å². The molecule has 0 saturated carbocycles. The van der Waals surface area contributed by atoms with Crippen molar-refractivity contribution in [3.05, 3.63) is 288 Å². The quantitative estimate of drug-likeness (QED) is 0.0842. The van der Waals surface area contributed by atoms with Crippen molar-refractivity contribution in [1.82, 2.24) is 120 Å². The van der Waals surface area contributed by atoms with Gasteiger partial charge in [0.15, 0.2) is 69.9 Å². The van der Waals surface area contributed by atoms with Crippen LogP contribution in [0, 0.1) is 0 Å². The molecule has 36 nitrogen and oxygen atoms in total. The van der Waals surface area contributed by atoms with E-state index in [0.29, 0.717) is 136 Å². The fourth-order valence-corrected chi connectivity index (χ4v) is 18.3. The van der Waals surface area contributed by atoms with Crippen LogP contribution in [0.3, 0.4) is 0 Å². The smallest absolute Gasteiger partial charge is 0.545 e. The Morgan fingerprint density at radius 2 is 0.293 bits per heavy atom. The first kappa shape index (κ1) is 85.2. The maximum absolute atomic E-state index is 12.5. The molecule has 6 N–H and O–H groups in total. The van der Waals surface area contributed by atoms with Crippen molar-refractivity contribution >= 4 is 168 Å². The number of hydrogen-bond acceptors (Lipinski definition) is 30. The number of aromatic nitrogens is 24. The number of nitrogens with one attached hydrogen (secondary N) is 6. The summed E-state index contributed by atoms with van der Waals surface area (Å²) >= 11 is 0. The van der Waals surface area contributed by atoms with Crippen LogP contribution in [0.15, 0.2) is 255 Å². The third-order valence-electron chi connectivity index (χ3n) is 24.4. The van der Waals surface area contributed by atoms with Crippen LogP contribution in [-0.2, 0) is 44.8 Å². The van der Waals surface area contributed by atoms with Crippen LogP contribution in [0.1, 0.15) is 62.1 Å². The number of aromatic carboxylic acids is 6. The fourth-order valence-electron chi connectivity index (χ4n) is 18.3. The van der Waals surface area contributed by atoms with Gasteiger partial charge in [-0.05, 0) is 18.2 Å². The Hall–Kier alpha value is -19.0. The summed E-state index contributed by atoms with van der Waals surface area (Å²) in [5.41, 5.74) is 8.87. The number of carboxylic acids is 6. The molecule has 24 bridgehead atoms. The first-order chi connectivity index (χ1) is 67.3. The van der Waals surface area contributed by atoms with E-state index in [1.54, 1.807) is 0 Å². The molecule has 140 heavy (non-hydrogen) atoms. The van der Waals surface area contributed by atoms with Crippen LogP contribution in [0.5, 0.6) is 0 Å². The van der Waals surface area contributed by atoms with Gasteiger partial charge in [0, 0.05) is 165 Å². The first-order valence-electron chi connectivity index (χ1n) is 42.4. The summed E-state index contributed by atoms with van der Waals surface area (Å²) in [5, 5.41) is 79.2. The number of carboxylic acid groups (broad SMARTS) is 6. The molecule has 0 unspecified atom stereocenters. The molecule has 0 radical (unpaired) electrons. The van der Waals surface area contributed by atoms with E-state index in [0.717, 1.165) is 67.2 Å². The van der Waals surface area contributed by atoms with Gasteiger partial charge in [-0.25, -0.2) is 89.7 Å². The third kappa shape index (κ3) is 13.8. The zero-order valence-corrected chi connectivity index (χ0v) is 75.1. The monoisotopic (exact) mass is 2190 g/mol. The van der Waals surface area contributed by atoms with Crippen molar-refractivity contribution in [1.29, 1.82) is 0 Å².